The smallest absolute Gasteiger partial charge is 0.337 e. The molecule has 1 aromatic carbocycles. The second-order valence-electron chi connectivity index (χ2n) is 3.64. The summed E-state index contributed by atoms with van der Waals surface area (Å²) in [4.78, 5) is 19.5. The molecule has 0 aliphatic heterocycles. The maximum absolute atomic E-state index is 11.3. The van der Waals surface area contributed by atoms with E-state index in [1.54, 1.807) is 30.6 Å². The van der Waals surface area contributed by atoms with E-state index in [-0.39, 0.29) is 0 Å². The van der Waals surface area contributed by atoms with Gasteiger partial charge in [0.15, 0.2) is 0 Å². The van der Waals surface area contributed by atoms with Crippen LogP contribution >= 0.6 is 15.9 Å². The van der Waals surface area contributed by atoms with Crippen molar-refractivity contribution in [1.29, 1.82) is 0 Å². The van der Waals surface area contributed by atoms with Crippen molar-refractivity contribution >= 4 is 39.1 Å². The number of nitrogens with two attached hydrogens (primary N) is 1. The summed E-state index contributed by atoms with van der Waals surface area (Å²) in [6.45, 7) is 0. The molecule has 0 radical (unpaired) electrons. The zero-order valence-electron chi connectivity index (χ0n) is 10.1. The fraction of sp³-hybridized carbons (Fsp3) is 0.0833. The predicted molar refractivity (Wildman–Crippen MR) is 75.2 cm³/mol. The first-order valence-electron chi connectivity index (χ1n) is 5.32. The highest BCUT2D eigenvalue weighted by Crippen LogP contribution is 2.23. The van der Waals surface area contributed by atoms with Gasteiger partial charge < -0.3 is 15.8 Å². The summed E-state index contributed by atoms with van der Waals surface area (Å²) in [5, 5.41) is 3.01. The van der Waals surface area contributed by atoms with E-state index in [2.05, 4.69) is 36.0 Å². The Morgan fingerprint density at radius 1 is 1.37 bits per heavy atom. The van der Waals surface area contributed by atoms with Crippen LogP contribution in [0, 0.1) is 0 Å². The Hall–Kier alpha value is -2.15. The van der Waals surface area contributed by atoms with Crippen LogP contribution in [0.15, 0.2) is 35.2 Å². The van der Waals surface area contributed by atoms with Gasteiger partial charge >= 0.3 is 5.97 Å². The van der Waals surface area contributed by atoms with Crippen molar-refractivity contribution in [2.75, 3.05) is 18.2 Å². The lowest BCUT2D eigenvalue weighted by Crippen LogP contribution is -2.04. The van der Waals surface area contributed by atoms with E-state index in [4.69, 9.17) is 5.73 Å². The normalized spacial score (nSPS) is 10.0. The number of rotatable bonds is 3. The van der Waals surface area contributed by atoms with Crippen LogP contribution in [-0.2, 0) is 4.74 Å². The van der Waals surface area contributed by atoms with Crippen LogP contribution in [-0.4, -0.2) is 23.0 Å². The van der Waals surface area contributed by atoms with Gasteiger partial charge in [-0.1, -0.05) is 0 Å². The number of nitrogen functional groups attached to an aromatic ring is 1. The molecule has 0 unspecified atom stereocenters. The number of halogens is 1. The van der Waals surface area contributed by atoms with Crippen LogP contribution in [0.2, 0.25) is 0 Å². The molecule has 0 bridgehead atoms. The predicted octanol–water partition coefficient (Wildman–Crippen LogP) is 2.35. The lowest BCUT2D eigenvalue weighted by molar-refractivity contribution is 0.0601. The molecule has 19 heavy (non-hydrogen) atoms. The number of carbonyl (C=O) groups excluding carboxylic acids is 1. The molecule has 3 N–H and O–H groups in total. The van der Waals surface area contributed by atoms with Crippen molar-refractivity contribution < 1.29 is 9.53 Å². The molecule has 98 valence electrons. The van der Waals surface area contributed by atoms with Crippen LogP contribution < -0.4 is 11.1 Å². The van der Waals surface area contributed by atoms with Gasteiger partial charge in [-0.3, -0.25) is 0 Å². The topological polar surface area (TPSA) is 90.1 Å². The third-order valence-corrected chi connectivity index (χ3v) is 2.77. The van der Waals surface area contributed by atoms with Crippen LogP contribution in [0.5, 0.6) is 0 Å². The van der Waals surface area contributed by atoms with Gasteiger partial charge in [0.05, 0.1) is 36.4 Å². The Morgan fingerprint density at radius 2 is 2.16 bits per heavy atom. The number of hydrogen-bond donors (Lipinski definition) is 2. The molecule has 2 aromatic rings. The second-order valence-corrected chi connectivity index (χ2v) is 4.46. The fourth-order valence-corrected chi connectivity index (χ4v) is 1.64. The Labute approximate surface area is 118 Å². The monoisotopic (exact) mass is 322 g/mol. The number of methoxy groups -OCH3 is 1. The standard InChI is InChI=1S/C12H11BrN4O2/c1-19-12(18)7-2-3-9(8(14)4-7)17-11-6-15-10(13)5-16-11/h2-6H,14H2,1H3,(H,16,17). The van der Waals surface area contributed by atoms with Crippen molar-refractivity contribution in [3.8, 4) is 0 Å². The number of nitrogens with one attached hydrogen (secondary N) is 1. The Morgan fingerprint density at radius 3 is 2.74 bits per heavy atom. The number of ether oxygens (including phenoxy) is 1. The summed E-state index contributed by atoms with van der Waals surface area (Å²) in [5.41, 5.74) is 7.33. The highest BCUT2D eigenvalue weighted by Gasteiger charge is 2.08. The minimum atomic E-state index is -0.429. The van der Waals surface area contributed by atoms with Gasteiger partial charge in [-0.15, -0.1) is 0 Å². The van der Waals surface area contributed by atoms with E-state index in [9.17, 15) is 4.79 Å². The highest BCUT2D eigenvalue weighted by molar-refractivity contribution is 9.10. The number of esters is 1. The molecule has 0 fully saturated rings. The largest absolute Gasteiger partial charge is 0.465 e. The maximum atomic E-state index is 11.3. The Balaban J connectivity index is 2.22. The molecule has 0 atom stereocenters. The fourth-order valence-electron chi connectivity index (χ4n) is 1.44. The quantitative estimate of drug-likeness (QED) is 0.666. The van der Waals surface area contributed by atoms with Gasteiger partial charge in [0.1, 0.15) is 10.4 Å². The average molecular weight is 323 g/mol. The van der Waals surface area contributed by atoms with Gasteiger partial charge in [-0.2, -0.15) is 0 Å². The number of anilines is 3. The van der Waals surface area contributed by atoms with Gasteiger partial charge in [-0.05, 0) is 34.1 Å². The van der Waals surface area contributed by atoms with E-state index in [0.717, 1.165) is 0 Å². The molecule has 0 spiro atoms. The summed E-state index contributed by atoms with van der Waals surface area (Å²) in [7, 11) is 1.32. The first kappa shape index (κ1) is 13.3. The van der Waals surface area contributed by atoms with Crippen LogP contribution in [0.25, 0.3) is 0 Å². The minimum absolute atomic E-state index is 0.396. The lowest BCUT2D eigenvalue weighted by atomic mass is 10.1. The number of benzene rings is 1. The van der Waals surface area contributed by atoms with Gasteiger partial charge in [0.2, 0.25) is 0 Å². The SMILES string of the molecule is COC(=O)c1ccc(Nc2cnc(Br)cn2)c(N)c1. The van der Waals surface area contributed by atoms with Gasteiger partial charge in [-0.25, -0.2) is 14.8 Å². The minimum Gasteiger partial charge on any atom is -0.465 e. The first-order valence-corrected chi connectivity index (χ1v) is 6.12. The highest BCUT2D eigenvalue weighted by atomic mass is 79.9. The summed E-state index contributed by atoms with van der Waals surface area (Å²) >= 11 is 3.20. The zero-order valence-corrected chi connectivity index (χ0v) is 11.6. The third-order valence-electron chi connectivity index (χ3n) is 2.36. The van der Waals surface area contributed by atoms with E-state index < -0.39 is 5.97 Å². The van der Waals surface area contributed by atoms with E-state index in [0.29, 0.717) is 27.4 Å². The molecule has 6 nitrogen and oxygen atoms in total. The number of carbonyl (C=O) groups is 1. The molecular weight excluding hydrogens is 312 g/mol. The first-order chi connectivity index (χ1) is 9.10. The van der Waals surface area contributed by atoms with Crippen LogP contribution in [0.4, 0.5) is 17.2 Å². The van der Waals surface area contributed by atoms with Crippen molar-refractivity contribution in [2.45, 2.75) is 0 Å². The molecule has 1 aromatic heterocycles. The number of hydrogen-bond acceptors (Lipinski definition) is 6. The van der Waals surface area contributed by atoms with Crippen molar-refractivity contribution in [3.05, 3.63) is 40.8 Å². The molecule has 7 heteroatoms. The molecule has 0 aliphatic rings. The third kappa shape index (κ3) is 3.19. The molecule has 1 heterocycles. The molecule has 2 rings (SSSR count). The van der Waals surface area contributed by atoms with Crippen molar-refractivity contribution in [2.24, 2.45) is 0 Å². The van der Waals surface area contributed by atoms with E-state index in [1.165, 1.54) is 7.11 Å². The molecule has 0 aliphatic carbocycles. The molecule has 0 amide bonds. The second kappa shape index (κ2) is 5.66. The van der Waals surface area contributed by atoms with Gasteiger partial charge in [0, 0.05) is 0 Å². The molecule has 0 saturated heterocycles. The Bertz CT molecular complexity index is 601. The summed E-state index contributed by atoms with van der Waals surface area (Å²) in [6, 6.07) is 4.85. The van der Waals surface area contributed by atoms with Crippen molar-refractivity contribution in [3.63, 3.8) is 0 Å². The summed E-state index contributed by atoms with van der Waals surface area (Å²) < 4.78 is 5.27. The van der Waals surface area contributed by atoms with E-state index >= 15 is 0 Å². The van der Waals surface area contributed by atoms with E-state index in [1.807, 2.05) is 0 Å². The average Bonchev–Trinajstić information content (AvgIpc) is 2.42. The maximum Gasteiger partial charge on any atom is 0.337 e. The molecule has 0 saturated carbocycles. The van der Waals surface area contributed by atoms with Crippen LogP contribution in [0.1, 0.15) is 10.4 Å². The number of nitrogens with zero attached hydrogens (tertiary/aromatic N) is 2. The van der Waals surface area contributed by atoms with Gasteiger partial charge in [0.25, 0.3) is 0 Å². The zero-order chi connectivity index (χ0) is 13.8. The number of aromatic nitrogens is 2. The summed E-state index contributed by atoms with van der Waals surface area (Å²) in [5.74, 6) is 0.127. The van der Waals surface area contributed by atoms with Crippen LogP contribution in [0.3, 0.4) is 0 Å². The van der Waals surface area contributed by atoms with Crippen molar-refractivity contribution in [1.82, 2.24) is 9.97 Å². The molecular formula is C12H11BrN4O2. The lowest BCUT2D eigenvalue weighted by Gasteiger charge is -2.09. The Kier molecular flexibility index (Phi) is 3.96. The summed E-state index contributed by atoms with van der Waals surface area (Å²) in [6.07, 6.45) is 3.14.